The summed E-state index contributed by atoms with van der Waals surface area (Å²) in [5.74, 6) is 0. The Hall–Kier alpha value is -1.33. The van der Waals surface area contributed by atoms with Crippen LogP contribution in [0.25, 0.3) is 0 Å². The molecular formula is C6H11N3O3. The van der Waals surface area contributed by atoms with E-state index < -0.39 is 12.1 Å². The van der Waals surface area contributed by atoms with Crippen LogP contribution in [0.3, 0.4) is 0 Å². The van der Waals surface area contributed by atoms with Gasteiger partial charge in [-0.1, -0.05) is 0 Å². The number of nitrogens with two attached hydrogens (primary N) is 1. The highest BCUT2D eigenvalue weighted by Crippen LogP contribution is 2.11. The minimum absolute atomic E-state index is 0.293. The molecule has 6 heteroatoms. The molecule has 0 bridgehead atoms. The largest absolute Gasteiger partial charge is 0.351 e. The van der Waals surface area contributed by atoms with Gasteiger partial charge in [-0.3, -0.25) is 10.1 Å². The number of hydrogen-bond donors (Lipinski definition) is 1. The first-order chi connectivity index (χ1) is 5.61. The van der Waals surface area contributed by atoms with E-state index >= 15 is 0 Å². The Labute approximate surface area is 69.5 Å². The highest BCUT2D eigenvalue weighted by molar-refractivity contribution is 5.72. The molecule has 2 N–H and O–H groups in total. The van der Waals surface area contributed by atoms with Gasteiger partial charge in [0.1, 0.15) is 0 Å². The lowest BCUT2D eigenvalue weighted by Gasteiger charge is -2.26. The summed E-state index contributed by atoms with van der Waals surface area (Å²) in [7, 11) is 0. The average molecular weight is 173 g/mol. The molecule has 12 heavy (non-hydrogen) atoms. The lowest BCUT2D eigenvalue weighted by molar-refractivity contribution is -0.526. The first-order valence-corrected chi connectivity index (χ1v) is 3.79. The first-order valence-electron chi connectivity index (χ1n) is 3.79. The van der Waals surface area contributed by atoms with Gasteiger partial charge in [-0.15, -0.1) is 0 Å². The van der Waals surface area contributed by atoms with E-state index in [0.29, 0.717) is 25.9 Å². The number of rotatable bonds is 1. The van der Waals surface area contributed by atoms with E-state index in [2.05, 4.69) is 0 Å². The van der Waals surface area contributed by atoms with Crippen LogP contribution < -0.4 is 5.73 Å². The second-order valence-corrected chi connectivity index (χ2v) is 2.84. The zero-order valence-electron chi connectivity index (χ0n) is 6.60. The van der Waals surface area contributed by atoms with Gasteiger partial charge in [-0.05, 0) is 0 Å². The number of likely N-dealkylation sites (tertiary alicyclic amines) is 1. The molecule has 0 aromatic rings. The molecular weight excluding hydrogens is 162 g/mol. The van der Waals surface area contributed by atoms with Gasteiger partial charge in [-0.2, -0.15) is 0 Å². The summed E-state index contributed by atoms with van der Waals surface area (Å²) < 4.78 is 0. The number of carbonyl (C=O) groups excluding carboxylic acids is 1. The van der Waals surface area contributed by atoms with Crippen LogP contribution in [0.1, 0.15) is 12.8 Å². The van der Waals surface area contributed by atoms with Crippen molar-refractivity contribution in [3.8, 4) is 0 Å². The number of nitrogens with zero attached hydrogens (tertiary/aromatic N) is 2. The van der Waals surface area contributed by atoms with Crippen molar-refractivity contribution in [1.29, 1.82) is 0 Å². The molecule has 1 aliphatic heterocycles. The van der Waals surface area contributed by atoms with Crippen LogP contribution in [-0.4, -0.2) is 35.0 Å². The topological polar surface area (TPSA) is 89.5 Å². The third-order valence-electron chi connectivity index (χ3n) is 2.07. The Balaban J connectivity index is 2.39. The van der Waals surface area contributed by atoms with Crippen molar-refractivity contribution >= 4 is 6.03 Å². The lowest BCUT2D eigenvalue weighted by atomic mass is 10.1. The van der Waals surface area contributed by atoms with E-state index in [-0.39, 0.29) is 4.92 Å². The van der Waals surface area contributed by atoms with Gasteiger partial charge in [0.15, 0.2) is 0 Å². The van der Waals surface area contributed by atoms with E-state index in [1.807, 2.05) is 0 Å². The second kappa shape index (κ2) is 3.38. The van der Waals surface area contributed by atoms with Crippen molar-refractivity contribution in [3.05, 3.63) is 10.1 Å². The SMILES string of the molecule is NC(=O)N1CCC([N+](=O)[O-])CC1. The summed E-state index contributed by atoms with van der Waals surface area (Å²) in [5, 5.41) is 10.3. The Kier molecular flexibility index (Phi) is 2.47. The molecule has 68 valence electrons. The zero-order chi connectivity index (χ0) is 9.14. The molecule has 6 nitrogen and oxygen atoms in total. The van der Waals surface area contributed by atoms with E-state index in [0.717, 1.165) is 0 Å². The second-order valence-electron chi connectivity index (χ2n) is 2.84. The van der Waals surface area contributed by atoms with Crippen molar-refractivity contribution in [2.75, 3.05) is 13.1 Å². The maximum atomic E-state index is 10.6. The molecule has 0 aromatic carbocycles. The van der Waals surface area contributed by atoms with E-state index in [1.165, 1.54) is 4.90 Å². The van der Waals surface area contributed by atoms with Crippen molar-refractivity contribution < 1.29 is 9.72 Å². The van der Waals surface area contributed by atoms with Gasteiger partial charge >= 0.3 is 6.03 Å². The molecule has 2 amide bonds. The summed E-state index contributed by atoms with van der Waals surface area (Å²) in [5.41, 5.74) is 5.01. The highest BCUT2D eigenvalue weighted by Gasteiger charge is 2.28. The number of carbonyl (C=O) groups is 1. The van der Waals surface area contributed by atoms with Crippen LogP contribution in [-0.2, 0) is 0 Å². The predicted molar refractivity (Wildman–Crippen MR) is 41.2 cm³/mol. The Bertz CT molecular complexity index is 176. The molecule has 1 fully saturated rings. The predicted octanol–water partition coefficient (Wildman–Crippen LogP) is -0.194. The molecule has 1 saturated heterocycles. The van der Waals surface area contributed by atoms with Crippen molar-refractivity contribution in [2.45, 2.75) is 18.9 Å². The number of hydrogen-bond acceptors (Lipinski definition) is 3. The third kappa shape index (κ3) is 1.84. The third-order valence-corrected chi connectivity index (χ3v) is 2.07. The van der Waals surface area contributed by atoms with E-state index in [9.17, 15) is 14.9 Å². The number of primary amides is 1. The van der Waals surface area contributed by atoms with Crippen LogP contribution in [0, 0.1) is 10.1 Å². The summed E-state index contributed by atoms with van der Waals surface area (Å²) in [6.45, 7) is 0.808. The normalized spacial score (nSPS) is 19.2. The van der Waals surface area contributed by atoms with Crippen LogP contribution in [0.4, 0.5) is 4.79 Å². The summed E-state index contributed by atoms with van der Waals surface area (Å²) in [6.07, 6.45) is 0.825. The maximum Gasteiger partial charge on any atom is 0.314 e. The van der Waals surface area contributed by atoms with Crippen LogP contribution >= 0.6 is 0 Å². The van der Waals surface area contributed by atoms with E-state index in [4.69, 9.17) is 5.73 Å². The molecule has 0 aliphatic carbocycles. The molecule has 0 aromatic heterocycles. The van der Waals surface area contributed by atoms with Gasteiger partial charge < -0.3 is 10.6 Å². The fourth-order valence-corrected chi connectivity index (χ4v) is 1.30. The van der Waals surface area contributed by atoms with Gasteiger partial charge in [-0.25, -0.2) is 4.79 Å². The van der Waals surface area contributed by atoms with Gasteiger partial charge in [0, 0.05) is 30.9 Å². The van der Waals surface area contributed by atoms with Crippen molar-refractivity contribution in [3.63, 3.8) is 0 Å². The minimum Gasteiger partial charge on any atom is -0.351 e. The van der Waals surface area contributed by atoms with Crippen LogP contribution in [0.5, 0.6) is 0 Å². The molecule has 1 rings (SSSR count). The van der Waals surface area contributed by atoms with Gasteiger partial charge in [0.2, 0.25) is 6.04 Å². The Morgan fingerprint density at radius 1 is 1.50 bits per heavy atom. The quantitative estimate of drug-likeness (QED) is 0.440. The maximum absolute atomic E-state index is 10.6. The molecule has 0 atom stereocenters. The van der Waals surface area contributed by atoms with Gasteiger partial charge in [0.05, 0.1) is 0 Å². The Morgan fingerprint density at radius 3 is 2.33 bits per heavy atom. The lowest BCUT2D eigenvalue weighted by Crippen LogP contribution is -2.44. The fourth-order valence-electron chi connectivity index (χ4n) is 1.30. The molecule has 0 saturated carbocycles. The van der Waals surface area contributed by atoms with Crippen LogP contribution in [0.2, 0.25) is 0 Å². The monoisotopic (exact) mass is 173 g/mol. The molecule has 0 unspecified atom stereocenters. The fraction of sp³-hybridized carbons (Fsp3) is 0.833. The van der Waals surface area contributed by atoms with Gasteiger partial charge in [0.25, 0.3) is 0 Å². The molecule has 0 spiro atoms. The molecule has 1 aliphatic rings. The Morgan fingerprint density at radius 2 is 2.00 bits per heavy atom. The minimum atomic E-state index is -0.499. The number of nitro groups is 1. The number of amides is 2. The average Bonchev–Trinajstić information content (AvgIpc) is 2.04. The summed E-state index contributed by atoms with van der Waals surface area (Å²) >= 11 is 0. The van der Waals surface area contributed by atoms with Crippen LogP contribution in [0.15, 0.2) is 0 Å². The standard InChI is InChI=1S/C6H11N3O3/c7-6(10)8-3-1-5(2-4-8)9(11)12/h5H,1-4H2,(H2,7,10). The summed E-state index contributed by atoms with van der Waals surface area (Å²) in [4.78, 5) is 22.0. The van der Waals surface area contributed by atoms with Crippen molar-refractivity contribution in [2.24, 2.45) is 5.73 Å². The molecule has 1 heterocycles. The first kappa shape index (κ1) is 8.76. The smallest absolute Gasteiger partial charge is 0.314 e. The highest BCUT2D eigenvalue weighted by atomic mass is 16.6. The zero-order valence-corrected chi connectivity index (χ0v) is 6.60. The summed E-state index contributed by atoms with van der Waals surface area (Å²) in [6, 6.07) is -0.989. The number of piperidine rings is 1. The van der Waals surface area contributed by atoms with Crippen molar-refractivity contribution in [1.82, 2.24) is 4.90 Å². The molecule has 0 radical (unpaired) electrons. The van der Waals surface area contributed by atoms with E-state index in [1.54, 1.807) is 0 Å². The number of urea groups is 1.